The van der Waals surface area contributed by atoms with Crippen LogP contribution in [0.15, 0.2) is 138 Å². The number of hydrogen-bond acceptors (Lipinski definition) is 4. The lowest BCUT2D eigenvalue weighted by atomic mass is 9.97. The molecule has 0 aliphatic heterocycles. The molecule has 0 aliphatic carbocycles. The van der Waals surface area contributed by atoms with E-state index in [2.05, 4.69) is 9.97 Å². The fourth-order valence-electron chi connectivity index (χ4n) is 5.03. The van der Waals surface area contributed by atoms with Crippen molar-refractivity contribution in [1.29, 1.82) is 0 Å². The molecule has 4 heteroatoms. The molecule has 0 fully saturated rings. The highest BCUT2D eigenvalue weighted by Gasteiger charge is 2.16. The maximum Gasteiger partial charge on any atom is 0.143 e. The highest BCUT2D eigenvalue weighted by atomic mass is 32.1. The van der Waals surface area contributed by atoms with E-state index in [0.29, 0.717) is 14.8 Å². The van der Waals surface area contributed by atoms with Gasteiger partial charge in [0.1, 0.15) is 17.5 Å². The number of nitrogens with zero attached hydrogens (tertiary/aromatic N) is 2. The maximum atomic E-state index is 9.48. The predicted octanol–water partition coefficient (Wildman–Crippen LogP) is 10.9. The van der Waals surface area contributed by atoms with Crippen LogP contribution in [0.25, 0.3) is 86.5 Å². The second-order valence-electron chi connectivity index (χ2n) is 9.22. The number of rotatable bonds is 3. The molecule has 0 saturated carbocycles. The van der Waals surface area contributed by atoms with Gasteiger partial charge in [-0.3, -0.25) is 0 Å². The zero-order valence-electron chi connectivity index (χ0n) is 39.0. The third kappa shape index (κ3) is 3.52. The minimum absolute atomic E-state index is 0.00604. The Hall–Kier alpha value is -5.32. The van der Waals surface area contributed by atoms with Gasteiger partial charge in [-0.2, -0.15) is 0 Å². The Balaban J connectivity index is 1.33. The van der Waals surface area contributed by atoms with Crippen LogP contribution < -0.4 is 0 Å². The molecule has 0 amide bonds. The summed E-state index contributed by atoms with van der Waals surface area (Å²) in [6.45, 7) is 0. The van der Waals surface area contributed by atoms with Gasteiger partial charge in [-0.1, -0.05) is 103 Å². The van der Waals surface area contributed by atoms with Crippen molar-refractivity contribution in [2.75, 3.05) is 0 Å². The van der Waals surface area contributed by atoms with Crippen molar-refractivity contribution in [2.24, 2.45) is 0 Å². The van der Waals surface area contributed by atoms with Gasteiger partial charge in [0.25, 0.3) is 0 Å². The molecule has 0 saturated heterocycles. The van der Waals surface area contributed by atoms with Crippen LogP contribution in [0.5, 0.6) is 0 Å². The summed E-state index contributed by atoms with van der Waals surface area (Å²) >= 11 is 1.14. The van der Waals surface area contributed by atoms with Crippen LogP contribution in [0.1, 0.15) is 24.7 Å². The van der Waals surface area contributed by atoms with Crippen LogP contribution in [0.3, 0.4) is 0 Å². The number of benzene rings is 6. The van der Waals surface area contributed by atoms with E-state index in [9.17, 15) is 1.37 Å². The highest BCUT2D eigenvalue weighted by molar-refractivity contribution is 7.26. The quantitative estimate of drug-likeness (QED) is 0.211. The summed E-state index contributed by atoms with van der Waals surface area (Å²) in [6, 6.07) is -5.77. The third-order valence-corrected chi connectivity index (χ3v) is 8.07. The normalized spacial score (nSPS) is 17.8. The fraction of sp³-hybridized carbons (Fsp3) is 0. The molecule has 196 valence electrons. The van der Waals surface area contributed by atoms with Crippen molar-refractivity contribution < 1.29 is 29.1 Å². The summed E-state index contributed by atoms with van der Waals surface area (Å²) in [5.41, 5.74) is -1.34. The monoisotopic (exact) mass is 572 g/mol. The molecule has 0 atom stereocenters. The Morgan fingerprint density at radius 2 is 1.38 bits per heavy atom. The van der Waals surface area contributed by atoms with E-state index < -0.39 is 120 Å². The Labute approximate surface area is 270 Å². The summed E-state index contributed by atoms with van der Waals surface area (Å²) in [7, 11) is 0. The predicted molar refractivity (Wildman–Crippen MR) is 176 cm³/mol. The molecule has 0 bridgehead atoms. The summed E-state index contributed by atoms with van der Waals surface area (Å²) in [5, 5.41) is -0.358. The first-order valence-corrected chi connectivity index (χ1v) is 13.3. The summed E-state index contributed by atoms with van der Waals surface area (Å²) in [5.74, 6) is 0. The van der Waals surface area contributed by atoms with Crippen LogP contribution in [0, 0.1) is 0 Å². The average Bonchev–Trinajstić information content (AvgIpc) is 3.82. The van der Waals surface area contributed by atoms with E-state index in [1.807, 2.05) is 0 Å². The van der Waals surface area contributed by atoms with Crippen LogP contribution in [0.2, 0.25) is 0 Å². The minimum Gasteiger partial charge on any atom is -0.455 e. The molecule has 3 aromatic heterocycles. The largest absolute Gasteiger partial charge is 0.455 e. The molecule has 0 unspecified atom stereocenters. The smallest absolute Gasteiger partial charge is 0.143 e. The first-order valence-electron chi connectivity index (χ1n) is 21.5. The zero-order valence-corrected chi connectivity index (χ0v) is 21.8. The molecule has 42 heavy (non-hydrogen) atoms. The van der Waals surface area contributed by atoms with Gasteiger partial charge in [-0.25, -0.2) is 9.97 Å². The molecule has 9 aromatic rings. The fourth-order valence-corrected chi connectivity index (χ4v) is 6.16. The van der Waals surface area contributed by atoms with E-state index >= 15 is 0 Å². The molecule has 9 rings (SSSR count). The Morgan fingerprint density at radius 3 is 2.36 bits per heavy atom. The third-order valence-electron chi connectivity index (χ3n) is 6.90. The van der Waals surface area contributed by atoms with E-state index in [4.69, 9.17) is 27.7 Å². The standard InChI is InChI=1S/C38H22N2OS/c1-2-12-27-23(8-1)9-6-14-28(27)25-18-19-34-32(21-25)36-38(42-34)35(39-22-40-36)26-11-5-10-24(20-26)29-15-7-16-31-30-13-3-4-17-33(30)41-37(29)31/h1-22H/i1D,2D,3D,4D,5D,6D,7D,8D,9D,10D,11D,12D,13D,14D,15D,16D,17D,20D. The minimum atomic E-state index is -0.701. The number of furan rings is 1. The second kappa shape index (κ2) is 9.10. The molecule has 3 nitrogen and oxygen atoms in total. The number of aromatic nitrogens is 2. The van der Waals surface area contributed by atoms with Gasteiger partial charge in [-0.05, 0) is 51.7 Å². The molecule has 0 N–H and O–H groups in total. The first kappa shape index (κ1) is 11.9. The summed E-state index contributed by atoms with van der Waals surface area (Å²) in [4.78, 5) is 8.89. The SMILES string of the molecule is [2H]c1c([2H])c(-c2c([2H])c([2H])c([2H])c3c2oc2c([2H])c([2H])c([2H])c([2H])c23)c([2H])c(-c2ncnc3c2sc2ccc(-c4c([2H])c([2H])c([2H])c5c([2H])c([2H])c([2H])c([2H])c45)cc23)c1[2H]. The van der Waals surface area contributed by atoms with Gasteiger partial charge in [-0.15, -0.1) is 11.3 Å². The van der Waals surface area contributed by atoms with Crippen molar-refractivity contribution in [2.45, 2.75) is 0 Å². The topological polar surface area (TPSA) is 38.9 Å². The molecule has 0 radical (unpaired) electrons. The number of fused-ring (bicyclic) bond motifs is 7. The lowest BCUT2D eigenvalue weighted by Gasteiger charge is -2.07. The average molecular weight is 573 g/mol. The van der Waals surface area contributed by atoms with Crippen molar-refractivity contribution in [3.8, 4) is 33.5 Å². The Morgan fingerprint density at radius 1 is 0.619 bits per heavy atom. The molecule has 0 aliphatic rings. The summed E-state index contributed by atoms with van der Waals surface area (Å²) < 4.78 is 162. The molecule has 0 spiro atoms. The zero-order chi connectivity index (χ0) is 43.3. The lowest BCUT2D eigenvalue weighted by Crippen LogP contribution is -1.87. The van der Waals surface area contributed by atoms with Gasteiger partial charge in [0, 0.05) is 32.0 Å². The second-order valence-corrected chi connectivity index (χ2v) is 10.3. The first-order chi connectivity index (χ1) is 28.3. The van der Waals surface area contributed by atoms with E-state index in [1.165, 1.54) is 0 Å². The van der Waals surface area contributed by atoms with E-state index in [1.54, 1.807) is 18.2 Å². The highest BCUT2D eigenvalue weighted by Crippen LogP contribution is 2.42. The van der Waals surface area contributed by atoms with Crippen molar-refractivity contribution >= 4 is 64.4 Å². The van der Waals surface area contributed by atoms with Gasteiger partial charge in [0.05, 0.1) is 40.6 Å². The van der Waals surface area contributed by atoms with Crippen molar-refractivity contribution in [1.82, 2.24) is 9.97 Å². The van der Waals surface area contributed by atoms with E-state index in [-0.39, 0.29) is 60.6 Å². The van der Waals surface area contributed by atoms with Crippen molar-refractivity contribution in [3.05, 3.63) is 133 Å². The van der Waals surface area contributed by atoms with Gasteiger partial charge >= 0.3 is 0 Å². The van der Waals surface area contributed by atoms with Gasteiger partial charge in [0.2, 0.25) is 0 Å². The van der Waals surface area contributed by atoms with E-state index in [0.717, 1.165) is 17.7 Å². The number of thiophene rings is 1. The molecule has 6 aromatic carbocycles. The number of hydrogen-bond donors (Lipinski definition) is 0. The van der Waals surface area contributed by atoms with Crippen LogP contribution in [-0.4, -0.2) is 9.97 Å². The summed E-state index contributed by atoms with van der Waals surface area (Å²) in [6.07, 6.45) is 1.15. The van der Waals surface area contributed by atoms with Gasteiger partial charge < -0.3 is 4.42 Å². The van der Waals surface area contributed by atoms with Crippen molar-refractivity contribution in [3.63, 3.8) is 0 Å². The molecule has 3 heterocycles. The number of para-hydroxylation sites is 2. The Kier molecular flexibility index (Phi) is 2.57. The van der Waals surface area contributed by atoms with Gasteiger partial charge in [0.15, 0.2) is 0 Å². The van der Waals surface area contributed by atoms with Crippen LogP contribution in [-0.2, 0) is 0 Å². The lowest BCUT2D eigenvalue weighted by molar-refractivity contribution is 0.670. The maximum absolute atomic E-state index is 9.48. The molecular formula is C38H22N2OS. The van der Waals surface area contributed by atoms with Crippen LogP contribution >= 0.6 is 11.3 Å². The Bertz CT molecular complexity index is 3480. The van der Waals surface area contributed by atoms with Crippen LogP contribution in [0.4, 0.5) is 0 Å². The molecular weight excluding hydrogens is 532 g/mol.